The third-order valence-electron chi connectivity index (χ3n) is 13.1. The van der Waals surface area contributed by atoms with Gasteiger partial charge in [-0.15, -0.1) is 10.2 Å². The van der Waals surface area contributed by atoms with Crippen molar-refractivity contribution in [2.24, 2.45) is 5.92 Å². The number of nitrogens with one attached hydrogen (secondary N) is 1. The van der Waals surface area contributed by atoms with E-state index in [1.54, 1.807) is 17.0 Å². The van der Waals surface area contributed by atoms with E-state index >= 15 is 0 Å². The second-order valence-corrected chi connectivity index (χ2v) is 16.8. The van der Waals surface area contributed by atoms with Crippen LogP contribution in [-0.4, -0.2) is 99.9 Å². The van der Waals surface area contributed by atoms with Crippen molar-refractivity contribution in [3.8, 4) is 17.0 Å². The Morgan fingerprint density at radius 2 is 1.63 bits per heavy atom. The molecule has 4 amide bonds. The van der Waals surface area contributed by atoms with Crippen molar-refractivity contribution in [2.75, 3.05) is 67.9 Å². The first-order valence-corrected chi connectivity index (χ1v) is 21.2. The number of phenolic OH excluding ortho intramolecular Hbond substituents is 1. The molecule has 0 aliphatic carbocycles. The van der Waals surface area contributed by atoms with Crippen molar-refractivity contribution in [1.82, 2.24) is 29.9 Å². The van der Waals surface area contributed by atoms with E-state index in [1.165, 1.54) is 11.3 Å². The summed E-state index contributed by atoms with van der Waals surface area (Å²) < 4.78 is 2.45. The van der Waals surface area contributed by atoms with Gasteiger partial charge >= 0.3 is 6.03 Å². The van der Waals surface area contributed by atoms with Crippen LogP contribution in [0, 0.1) is 12.8 Å². The molecule has 2 aromatic heterocycles. The number of nitrogen functional groups attached to an aromatic ring is 1. The second kappa shape index (κ2) is 16.4. The molecular weight excluding hydrogens is 743 g/mol. The third-order valence-corrected chi connectivity index (χ3v) is 13.1. The Morgan fingerprint density at radius 1 is 0.847 bits per heavy atom. The molecule has 59 heavy (non-hydrogen) atoms. The number of nitrogens with zero attached hydrogens (tertiary/aromatic N) is 7. The largest absolute Gasteiger partial charge is 0.507 e. The molecule has 4 fully saturated rings. The summed E-state index contributed by atoms with van der Waals surface area (Å²) in [4.78, 5) is 46.7. The fraction of sp³-hybridized carbons (Fsp3) is 0.413. The van der Waals surface area contributed by atoms with Gasteiger partial charge in [0, 0.05) is 92.9 Å². The Balaban J connectivity index is 0.763. The number of aryl methyl sites for hydroxylation is 1. The normalized spacial score (nSPS) is 20.0. The zero-order chi connectivity index (χ0) is 40.6. The first kappa shape index (κ1) is 38.6. The number of rotatable bonds is 8. The first-order chi connectivity index (χ1) is 28.7. The van der Waals surface area contributed by atoms with Gasteiger partial charge in [0.2, 0.25) is 5.91 Å². The van der Waals surface area contributed by atoms with Gasteiger partial charge in [-0.1, -0.05) is 30.3 Å². The molecule has 4 N–H and O–H groups in total. The van der Waals surface area contributed by atoms with Crippen LogP contribution < -0.4 is 20.9 Å². The van der Waals surface area contributed by atoms with E-state index in [9.17, 15) is 19.5 Å². The molecule has 3 aromatic carbocycles. The zero-order valence-corrected chi connectivity index (χ0v) is 33.7. The number of piperidine rings is 3. The van der Waals surface area contributed by atoms with E-state index in [-0.39, 0.29) is 29.5 Å². The van der Waals surface area contributed by atoms with Gasteiger partial charge in [0.1, 0.15) is 5.75 Å². The fourth-order valence-corrected chi connectivity index (χ4v) is 9.94. The zero-order valence-electron chi connectivity index (χ0n) is 33.7. The molecule has 9 rings (SSSR count). The molecule has 306 valence electrons. The van der Waals surface area contributed by atoms with Crippen LogP contribution in [0.4, 0.5) is 22.0 Å². The molecule has 6 heterocycles. The number of amides is 4. The van der Waals surface area contributed by atoms with Crippen molar-refractivity contribution < 1.29 is 19.5 Å². The molecule has 4 aliphatic rings. The lowest BCUT2D eigenvalue weighted by Gasteiger charge is -2.38. The van der Waals surface area contributed by atoms with Crippen molar-refractivity contribution in [2.45, 2.75) is 63.8 Å². The maximum absolute atomic E-state index is 13.7. The molecule has 4 saturated heterocycles. The number of hydrogen-bond acceptors (Lipinski definition) is 9. The number of likely N-dealkylation sites (tertiary alicyclic amines) is 2. The SMILES string of the molecule is Cc1cc2c(N3CCC(=O)NC3=O)cccc2n1C1CCN(CC2CCN(C(=O)c3ccc([C@H]4CCCN(c5cc(-c6ccccc6O)nnc5N)C4)cc3)CC2)CC1. The Kier molecular flexibility index (Phi) is 10.7. The number of carbonyl (C=O) groups excluding carboxylic acids is 3. The number of fused-ring (bicyclic) bond motifs is 1. The summed E-state index contributed by atoms with van der Waals surface area (Å²) in [5, 5.41) is 22.4. The summed E-state index contributed by atoms with van der Waals surface area (Å²) >= 11 is 0. The molecule has 0 unspecified atom stereocenters. The Morgan fingerprint density at radius 3 is 2.39 bits per heavy atom. The predicted molar refractivity (Wildman–Crippen MR) is 230 cm³/mol. The standard InChI is InChI=1S/C46H53N9O4/c1-30-26-37-39(54-25-19-43(57)48-46(54)59)8-4-9-40(37)55(30)35-17-21-51(22-18-35)28-31-15-23-52(24-16-31)45(58)33-13-11-32(12-14-33)34-6-5-20-53(29-34)41-27-38(49-50-44(41)47)36-7-2-3-10-42(36)56/h2-4,7-14,26-27,31,34-35,56H,5-6,15-25,28-29H2,1H3,(H2,47,50)(H,48,57,59)/t34-/m0/s1. The first-order valence-electron chi connectivity index (χ1n) is 21.2. The molecule has 0 radical (unpaired) electrons. The van der Waals surface area contributed by atoms with E-state index in [1.807, 2.05) is 47.4 Å². The molecular formula is C46H53N9O4. The highest BCUT2D eigenvalue weighted by molar-refractivity contribution is 6.09. The molecule has 0 bridgehead atoms. The van der Waals surface area contributed by atoms with Crippen LogP contribution in [0.15, 0.2) is 78.9 Å². The smallest absolute Gasteiger partial charge is 0.328 e. The van der Waals surface area contributed by atoms with Crippen molar-refractivity contribution in [1.29, 1.82) is 0 Å². The molecule has 0 saturated carbocycles. The van der Waals surface area contributed by atoms with Crippen LogP contribution in [0.5, 0.6) is 5.75 Å². The number of imide groups is 1. The van der Waals surface area contributed by atoms with Gasteiger partial charge in [-0.3, -0.25) is 19.8 Å². The lowest BCUT2D eigenvalue weighted by molar-refractivity contribution is -0.120. The highest BCUT2D eigenvalue weighted by Gasteiger charge is 2.31. The maximum atomic E-state index is 13.7. The summed E-state index contributed by atoms with van der Waals surface area (Å²) in [5.41, 5.74) is 13.5. The lowest BCUT2D eigenvalue weighted by Crippen LogP contribution is -2.49. The molecule has 13 nitrogen and oxygen atoms in total. The van der Waals surface area contributed by atoms with Crippen LogP contribution in [0.25, 0.3) is 22.2 Å². The van der Waals surface area contributed by atoms with E-state index in [4.69, 9.17) is 5.73 Å². The van der Waals surface area contributed by atoms with Crippen LogP contribution in [0.3, 0.4) is 0 Å². The van der Waals surface area contributed by atoms with Crippen LogP contribution in [0.2, 0.25) is 0 Å². The average molecular weight is 796 g/mol. The number of aromatic nitrogens is 3. The fourth-order valence-electron chi connectivity index (χ4n) is 9.94. The third kappa shape index (κ3) is 7.83. The van der Waals surface area contributed by atoms with Crippen molar-refractivity contribution >= 4 is 45.9 Å². The van der Waals surface area contributed by atoms with E-state index in [0.29, 0.717) is 42.0 Å². The lowest BCUT2D eigenvalue weighted by atomic mass is 9.89. The number of urea groups is 1. The van der Waals surface area contributed by atoms with E-state index in [2.05, 4.69) is 61.1 Å². The van der Waals surface area contributed by atoms with Crippen molar-refractivity contribution in [3.63, 3.8) is 0 Å². The maximum Gasteiger partial charge on any atom is 0.328 e. The van der Waals surface area contributed by atoms with Crippen LogP contribution in [0.1, 0.15) is 78.5 Å². The number of hydrogen-bond donors (Lipinski definition) is 3. The summed E-state index contributed by atoms with van der Waals surface area (Å²) in [6.07, 6.45) is 6.52. The molecule has 4 aliphatic heterocycles. The number of nitrogens with two attached hydrogens (primary N) is 1. The van der Waals surface area contributed by atoms with Gasteiger partial charge in [0.25, 0.3) is 5.91 Å². The number of aromatic hydroxyl groups is 1. The molecule has 13 heteroatoms. The summed E-state index contributed by atoms with van der Waals surface area (Å²) in [6, 6.07) is 25.6. The number of anilines is 3. The highest BCUT2D eigenvalue weighted by Crippen LogP contribution is 2.38. The average Bonchev–Trinajstić information content (AvgIpc) is 3.60. The second-order valence-electron chi connectivity index (χ2n) is 16.8. The van der Waals surface area contributed by atoms with E-state index in [0.717, 1.165) is 112 Å². The van der Waals surface area contributed by atoms with Gasteiger partial charge in [0.05, 0.1) is 22.6 Å². The Labute approximate surface area is 344 Å². The Hall–Kier alpha value is -5.95. The monoisotopic (exact) mass is 795 g/mol. The minimum absolute atomic E-state index is 0.111. The number of benzene rings is 3. The number of phenols is 1. The predicted octanol–water partition coefficient (Wildman–Crippen LogP) is 6.71. The highest BCUT2D eigenvalue weighted by atomic mass is 16.3. The van der Waals surface area contributed by atoms with Gasteiger partial charge in [-0.2, -0.15) is 0 Å². The van der Waals surface area contributed by atoms with Gasteiger partial charge in [-0.25, -0.2) is 4.79 Å². The topological polar surface area (TPSA) is 153 Å². The van der Waals surface area contributed by atoms with Gasteiger partial charge in [-0.05, 0) is 105 Å². The summed E-state index contributed by atoms with van der Waals surface area (Å²) in [5.74, 6) is 1.28. The quantitative estimate of drug-likeness (QED) is 0.156. The Bertz CT molecular complexity index is 2360. The van der Waals surface area contributed by atoms with Crippen molar-refractivity contribution in [3.05, 3.63) is 95.7 Å². The molecule has 0 spiro atoms. The number of carbonyl (C=O) groups is 3. The number of para-hydroxylation sites is 1. The minimum atomic E-state index is -0.352. The van der Waals surface area contributed by atoms with Crippen LogP contribution >= 0.6 is 0 Å². The summed E-state index contributed by atoms with van der Waals surface area (Å²) in [6.45, 7) is 8.89. The molecule has 1 atom stereocenters. The minimum Gasteiger partial charge on any atom is -0.507 e. The molecule has 5 aromatic rings. The van der Waals surface area contributed by atoms with E-state index < -0.39 is 0 Å². The summed E-state index contributed by atoms with van der Waals surface area (Å²) in [7, 11) is 0. The van der Waals surface area contributed by atoms with Crippen LogP contribution in [-0.2, 0) is 4.79 Å². The van der Waals surface area contributed by atoms with Gasteiger partial charge in [0.15, 0.2) is 5.82 Å². The van der Waals surface area contributed by atoms with Gasteiger partial charge < -0.3 is 30.1 Å².